The minimum Gasteiger partial charge on any atom is -0.413 e. The maximum Gasteiger partial charge on any atom is 0.228 e. The SMILES string of the molecule is C[C@@H](O[Si](C)(C)C(C)(C)C)C1C(=O)NC1C1(OCCN=[N+]=[N-])CCC(=O)CC1. The molecule has 0 aromatic carbocycles. The molecule has 2 rings (SSSR count). The van der Waals surface area contributed by atoms with Gasteiger partial charge in [0, 0.05) is 24.3 Å². The maximum atomic E-state index is 12.5. The summed E-state index contributed by atoms with van der Waals surface area (Å²) < 4.78 is 12.7. The van der Waals surface area contributed by atoms with Crippen molar-refractivity contribution in [3.63, 3.8) is 0 Å². The summed E-state index contributed by atoms with van der Waals surface area (Å²) in [4.78, 5) is 27.0. The molecular weight excluding hydrogens is 376 g/mol. The predicted octanol–water partition coefficient (Wildman–Crippen LogP) is 3.72. The molecule has 28 heavy (non-hydrogen) atoms. The molecular formula is C19H34N4O4Si. The fourth-order valence-corrected chi connectivity index (χ4v) is 5.31. The average Bonchev–Trinajstić information content (AvgIpc) is 2.57. The lowest BCUT2D eigenvalue weighted by atomic mass is 9.69. The fraction of sp³-hybridized carbons (Fsp3) is 0.895. The van der Waals surface area contributed by atoms with E-state index >= 15 is 0 Å². The molecule has 1 N–H and O–H groups in total. The van der Waals surface area contributed by atoms with Gasteiger partial charge in [-0.2, -0.15) is 0 Å². The third kappa shape index (κ3) is 4.76. The molecule has 1 amide bonds. The molecule has 2 aliphatic rings. The van der Waals surface area contributed by atoms with Crippen molar-refractivity contribution >= 4 is 20.0 Å². The standard InChI is InChI=1S/C19H34N4O4Si/c1-13(27-28(5,6)18(2,3)4)15-16(22-17(15)25)19(26-12-11-21-23-20)9-7-14(24)8-10-19/h13,15-16H,7-12H2,1-6H3,(H,22,25)/t13-,15?,16?/m1/s1. The molecule has 1 aliphatic carbocycles. The second-order valence-corrected chi connectivity index (χ2v) is 14.3. The molecule has 0 spiro atoms. The highest BCUT2D eigenvalue weighted by Gasteiger charge is 2.57. The second kappa shape index (κ2) is 8.53. The third-order valence-corrected chi connectivity index (χ3v) is 11.2. The zero-order chi connectivity index (χ0) is 21.2. The normalized spacial score (nSPS) is 26.1. The first-order valence-corrected chi connectivity index (χ1v) is 13.0. The molecule has 0 aromatic rings. The van der Waals surface area contributed by atoms with Gasteiger partial charge in [-0.05, 0) is 43.4 Å². The van der Waals surface area contributed by atoms with Gasteiger partial charge in [-0.15, -0.1) is 0 Å². The van der Waals surface area contributed by atoms with Crippen LogP contribution in [0.2, 0.25) is 18.1 Å². The Kier molecular flexibility index (Phi) is 6.97. The van der Waals surface area contributed by atoms with E-state index in [-0.39, 0.29) is 47.9 Å². The van der Waals surface area contributed by atoms with Crippen LogP contribution >= 0.6 is 0 Å². The van der Waals surface area contributed by atoms with Crippen molar-refractivity contribution in [2.45, 2.75) is 89.3 Å². The molecule has 0 aromatic heterocycles. The van der Waals surface area contributed by atoms with E-state index in [9.17, 15) is 9.59 Å². The number of azide groups is 1. The summed E-state index contributed by atoms with van der Waals surface area (Å²) in [5, 5.41) is 6.61. The number of hydrogen-bond acceptors (Lipinski definition) is 5. The van der Waals surface area contributed by atoms with E-state index in [0.29, 0.717) is 25.7 Å². The number of ketones is 1. The number of rotatable bonds is 8. The summed E-state index contributed by atoms with van der Waals surface area (Å²) in [7, 11) is -2.02. The van der Waals surface area contributed by atoms with Crippen molar-refractivity contribution in [1.82, 2.24) is 5.32 Å². The van der Waals surface area contributed by atoms with E-state index in [4.69, 9.17) is 14.7 Å². The summed E-state index contributed by atoms with van der Waals surface area (Å²) in [6.07, 6.45) is 1.79. The zero-order valence-corrected chi connectivity index (χ0v) is 18.9. The quantitative estimate of drug-likeness (QED) is 0.164. The topological polar surface area (TPSA) is 113 Å². The summed E-state index contributed by atoms with van der Waals surface area (Å²) in [5.41, 5.74) is 7.87. The lowest BCUT2D eigenvalue weighted by molar-refractivity contribution is -0.168. The van der Waals surface area contributed by atoms with Gasteiger partial charge in [0.15, 0.2) is 8.32 Å². The molecule has 1 saturated heterocycles. The van der Waals surface area contributed by atoms with Crippen molar-refractivity contribution in [3.8, 4) is 0 Å². The van der Waals surface area contributed by atoms with Gasteiger partial charge < -0.3 is 14.5 Å². The van der Waals surface area contributed by atoms with E-state index in [1.165, 1.54) is 0 Å². The first-order valence-electron chi connectivity index (χ1n) is 10.1. The van der Waals surface area contributed by atoms with E-state index in [0.717, 1.165) is 0 Å². The second-order valence-electron chi connectivity index (χ2n) is 9.50. The summed E-state index contributed by atoms with van der Waals surface area (Å²) in [6, 6.07) is -0.195. The molecule has 3 atom stereocenters. The number of carbonyl (C=O) groups excluding carboxylic acids is 2. The number of ether oxygens (including phenoxy) is 1. The van der Waals surface area contributed by atoms with Crippen molar-refractivity contribution in [2.24, 2.45) is 11.0 Å². The maximum absolute atomic E-state index is 12.5. The minimum absolute atomic E-state index is 0.0221. The number of nitrogens with one attached hydrogen (secondary N) is 1. The van der Waals surface area contributed by atoms with Crippen LogP contribution in [-0.4, -0.2) is 50.9 Å². The van der Waals surface area contributed by atoms with Crippen LogP contribution < -0.4 is 5.32 Å². The van der Waals surface area contributed by atoms with Crippen molar-refractivity contribution in [2.75, 3.05) is 13.2 Å². The van der Waals surface area contributed by atoms with Crippen LogP contribution in [0.15, 0.2) is 5.11 Å². The van der Waals surface area contributed by atoms with Crippen molar-refractivity contribution in [1.29, 1.82) is 0 Å². The van der Waals surface area contributed by atoms with E-state index in [1.807, 2.05) is 6.92 Å². The minimum atomic E-state index is -2.02. The number of amides is 1. The highest BCUT2D eigenvalue weighted by atomic mass is 28.4. The molecule has 0 radical (unpaired) electrons. The van der Waals surface area contributed by atoms with Crippen LogP contribution in [0, 0.1) is 5.92 Å². The van der Waals surface area contributed by atoms with Gasteiger partial charge in [0.1, 0.15) is 5.78 Å². The van der Waals surface area contributed by atoms with Crippen LogP contribution in [0.25, 0.3) is 10.4 Å². The van der Waals surface area contributed by atoms with Gasteiger partial charge in [-0.3, -0.25) is 9.59 Å². The van der Waals surface area contributed by atoms with Gasteiger partial charge in [-0.1, -0.05) is 25.9 Å². The number of Topliss-reactive ketones (excluding diaryl/α,β-unsaturated/α-hetero) is 1. The lowest BCUT2D eigenvalue weighted by Crippen LogP contribution is -2.73. The Labute approximate surface area is 168 Å². The van der Waals surface area contributed by atoms with Crippen LogP contribution in [0.5, 0.6) is 0 Å². The number of nitrogens with zero attached hydrogens (tertiary/aromatic N) is 3. The zero-order valence-electron chi connectivity index (χ0n) is 17.9. The van der Waals surface area contributed by atoms with Crippen LogP contribution in [-0.2, 0) is 18.8 Å². The highest BCUT2D eigenvalue weighted by molar-refractivity contribution is 6.74. The number of β-lactam (4-membered cyclic amide) rings is 1. The number of carbonyl (C=O) groups is 2. The average molecular weight is 411 g/mol. The predicted molar refractivity (Wildman–Crippen MR) is 109 cm³/mol. The monoisotopic (exact) mass is 410 g/mol. The van der Waals surface area contributed by atoms with Gasteiger partial charge in [0.25, 0.3) is 0 Å². The molecule has 2 unspecified atom stereocenters. The molecule has 0 bridgehead atoms. The first kappa shape index (κ1) is 22.9. The summed E-state index contributed by atoms with van der Waals surface area (Å²) >= 11 is 0. The molecule has 8 nitrogen and oxygen atoms in total. The third-order valence-electron chi connectivity index (χ3n) is 6.62. The Morgan fingerprint density at radius 1 is 1.32 bits per heavy atom. The van der Waals surface area contributed by atoms with Gasteiger partial charge in [0.05, 0.1) is 30.3 Å². The van der Waals surface area contributed by atoms with E-state index in [2.05, 4.69) is 49.2 Å². The molecule has 1 saturated carbocycles. The van der Waals surface area contributed by atoms with E-state index in [1.54, 1.807) is 0 Å². The Morgan fingerprint density at radius 2 is 1.93 bits per heavy atom. The van der Waals surface area contributed by atoms with Gasteiger partial charge in [0.2, 0.25) is 5.91 Å². The van der Waals surface area contributed by atoms with Crippen molar-refractivity contribution < 1.29 is 18.8 Å². The summed E-state index contributed by atoms with van der Waals surface area (Å²) in [5.74, 6) is -0.102. The first-order chi connectivity index (χ1) is 12.9. The van der Waals surface area contributed by atoms with E-state index < -0.39 is 13.9 Å². The van der Waals surface area contributed by atoms with Crippen LogP contribution in [0.1, 0.15) is 53.4 Å². The Bertz CT molecular complexity index is 645. The van der Waals surface area contributed by atoms with Crippen LogP contribution in [0.3, 0.4) is 0 Å². The lowest BCUT2D eigenvalue weighted by Gasteiger charge is -2.53. The summed E-state index contributed by atoms with van der Waals surface area (Å²) in [6.45, 7) is 13.4. The number of hydrogen-bond donors (Lipinski definition) is 1. The van der Waals surface area contributed by atoms with Gasteiger partial charge >= 0.3 is 0 Å². The fourth-order valence-electron chi connectivity index (χ4n) is 3.88. The van der Waals surface area contributed by atoms with Gasteiger partial charge in [-0.25, -0.2) is 0 Å². The smallest absolute Gasteiger partial charge is 0.228 e. The molecule has 1 aliphatic heterocycles. The molecule has 9 heteroatoms. The van der Waals surface area contributed by atoms with Crippen LogP contribution in [0.4, 0.5) is 0 Å². The highest BCUT2D eigenvalue weighted by Crippen LogP contribution is 2.43. The largest absolute Gasteiger partial charge is 0.413 e. The molecule has 158 valence electrons. The Morgan fingerprint density at radius 3 is 2.43 bits per heavy atom. The molecule has 2 fully saturated rings. The Hall–Kier alpha value is -1.41. The Balaban J connectivity index is 2.17. The van der Waals surface area contributed by atoms with Crippen molar-refractivity contribution in [3.05, 3.63) is 10.4 Å². The molecule has 1 heterocycles.